The Labute approximate surface area is 589 Å². The monoisotopic (exact) mass is 1280 g/mol. The molecule has 480 valence electrons. The molecule has 0 aromatic heterocycles. The lowest BCUT2D eigenvalue weighted by Gasteiger charge is -2.35. The summed E-state index contributed by atoms with van der Waals surface area (Å²) < 4.78 is 0. The second-order valence-electron chi connectivity index (χ2n) is 30.7. The van der Waals surface area contributed by atoms with Crippen LogP contribution < -0.4 is 9.80 Å². The summed E-state index contributed by atoms with van der Waals surface area (Å²) in [4.78, 5) is 5.11. The molecule has 0 radical (unpaired) electrons. The molecule has 0 N–H and O–H groups in total. The van der Waals surface area contributed by atoms with E-state index in [2.05, 4.69) is 392 Å². The molecule has 0 aliphatic heterocycles. The average Bonchev–Trinajstić information content (AvgIpc) is 1.52. The molecule has 2 nitrogen and oxygen atoms in total. The molecule has 0 saturated carbocycles. The quantitative estimate of drug-likeness (QED) is 0.127. The molecule has 0 amide bonds. The zero-order valence-electron chi connectivity index (χ0n) is 57.9. The molecule has 0 spiro atoms. The third kappa shape index (κ3) is 8.37. The Balaban J connectivity index is 0.780. The first-order valence-corrected chi connectivity index (χ1v) is 35.8. The molecule has 0 heterocycles. The first-order valence-electron chi connectivity index (χ1n) is 35.8. The Morgan fingerprint density at radius 2 is 0.470 bits per heavy atom. The van der Waals surface area contributed by atoms with Crippen molar-refractivity contribution in [3.63, 3.8) is 0 Å². The number of fused-ring (bicyclic) bond motifs is 13. The van der Waals surface area contributed by atoms with Crippen LogP contribution in [0.4, 0.5) is 34.1 Å². The molecule has 0 saturated heterocycles. The number of anilines is 6. The number of rotatable bonds is 11. The summed E-state index contributed by atoms with van der Waals surface area (Å²) in [5.41, 5.74) is 34.8. The highest BCUT2D eigenvalue weighted by molar-refractivity contribution is 5.94. The van der Waals surface area contributed by atoms with Gasteiger partial charge in [-0.2, -0.15) is 0 Å². The third-order valence-electron chi connectivity index (χ3n) is 24.2. The van der Waals surface area contributed by atoms with Gasteiger partial charge in [0.25, 0.3) is 0 Å². The van der Waals surface area contributed by atoms with Gasteiger partial charge in [0.1, 0.15) is 0 Å². The minimum absolute atomic E-state index is 0.118. The molecule has 5 aliphatic carbocycles. The van der Waals surface area contributed by atoms with Crippen LogP contribution in [0.15, 0.2) is 334 Å². The van der Waals surface area contributed by atoms with E-state index in [1.807, 2.05) is 0 Å². The van der Waals surface area contributed by atoms with Gasteiger partial charge in [-0.05, 0) is 213 Å². The number of nitrogens with zero attached hydrogens (tertiary/aromatic N) is 2. The third-order valence-corrected chi connectivity index (χ3v) is 24.2. The molecule has 1 unspecified atom stereocenters. The van der Waals surface area contributed by atoms with Crippen molar-refractivity contribution in [1.82, 2.24) is 0 Å². The maximum Gasteiger partial charge on any atom is 0.0714 e. The molecule has 0 bridgehead atoms. The van der Waals surface area contributed by atoms with Crippen LogP contribution in [0.3, 0.4) is 0 Å². The predicted molar refractivity (Wildman–Crippen MR) is 416 cm³/mol. The smallest absolute Gasteiger partial charge is 0.0714 e. The van der Waals surface area contributed by atoms with Gasteiger partial charge < -0.3 is 9.80 Å². The number of benzene rings is 14. The summed E-state index contributed by atoms with van der Waals surface area (Å²) in [5, 5.41) is 0. The molecular weight excluding hydrogens is 1210 g/mol. The summed E-state index contributed by atoms with van der Waals surface area (Å²) in [6, 6.07) is 127. The van der Waals surface area contributed by atoms with Crippen LogP contribution in [0.2, 0.25) is 0 Å². The molecule has 0 fully saturated rings. The fraction of sp³-hybridized carbons (Fsp3) is 0.143. The van der Waals surface area contributed by atoms with Crippen molar-refractivity contribution in [1.29, 1.82) is 0 Å². The van der Waals surface area contributed by atoms with E-state index in [0.717, 1.165) is 40.5 Å². The minimum atomic E-state index is -0.565. The first-order chi connectivity index (χ1) is 48.7. The van der Waals surface area contributed by atoms with Crippen LogP contribution in [0.1, 0.15) is 138 Å². The average molecular weight is 1280 g/mol. The van der Waals surface area contributed by atoms with Crippen molar-refractivity contribution >= 4 is 34.1 Å². The van der Waals surface area contributed by atoms with E-state index < -0.39 is 10.8 Å². The predicted octanol–water partition coefficient (Wildman–Crippen LogP) is 25.0. The van der Waals surface area contributed by atoms with Crippen molar-refractivity contribution in [3.8, 4) is 44.5 Å². The van der Waals surface area contributed by atoms with E-state index in [9.17, 15) is 0 Å². The lowest BCUT2D eigenvalue weighted by Crippen LogP contribution is -2.28. The van der Waals surface area contributed by atoms with E-state index in [0.29, 0.717) is 0 Å². The second-order valence-corrected chi connectivity index (χ2v) is 30.7. The van der Waals surface area contributed by atoms with E-state index >= 15 is 0 Å². The summed E-state index contributed by atoms with van der Waals surface area (Å²) in [5.74, 6) is 0. The van der Waals surface area contributed by atoms with Gasteiger partial charge >= 0.3 is 0 Å². The van der Waals surface area contributed by atoms with Gasteiger partial charge in [0.15, 0.2) is 0 Å². The Hall–Kier alpha value is -11.3. The van der Waals surface area contributed by atoms with Gasteiger partial charge in [0.05, 0.1) is 10.8 Å². The zero-order chi connectivity index (χ0) is 67.5. The van der Waals surface area contributed by atoms with Crippen LogP contribution in [-0.2, 0) is 32.5 Å². The normalized spacial score (nSPS) is 17.1. The SMILES string of the molecule is CC1(C)CC(C)(c2ccc(N(c3ccc4c(c3)C(C)(C)c3ccccc3-4)c3ccc4c(c3)C(c3ccccc3)(c3ccccc3)c3ccccc3-4)cc2)c2cc(N(c3ccc4c(c3)C(C)(C)c3ccccc3-4)c3ccc4c(c3)C(c3ccccc3)(c3ccccc3)c3ccccc3-4)ccc21. The van der Waals surface area contributed by atoms with E-state index in [1.54, 1.807) is 0 Å². The second kappa shape index (κ2) is 21.8. The number of hydrogen-bond donors (Lipinski definition) is 0. The van der Waals surface area contributed by atoms with Gasteiger partial charge in [0.2, 0.25) is 0 Å². The van der Waals surface area contributed by atoms with Crippen LogP contribution in [0.25, 0.3) is 44.5 Å². The van der Waals surface area contributed by atoms with Crippen molar-refractivity contribution in [3.05, 3.63) is 417 Å². The van der Waals surface area contributed by atoms with Crippen LogP contribution >= 0.6 is 0 Å². The Bertz CT molecular complexity index is 5540. The van der Waals surface area contributed by atoms with Crippen molar-refractivity contribution in [2.45, 2.75) is 87.4 Å². The van der Waals surface area contributed by atoms with Gasteiger partial charge in [-0.25, -0.2) is 0 Å². The van der Waals surface area contributed by atoms with E-state index in [1.165, 1.54) is 128 Å². The van der Waals surface area contributed by atoms with Crippen LogP contribution in [-0.4, -0.2) is 0 Å². The highest BCUT2D eigenvalue weighted by Crippen LogP contribution is 2.62. The summed E-state index contributed by atoms with van der Waals surface area (Å²) in [6.07, 6.45) is 0.952. The molecule has 19 rings (SSSR count). The highest BCUT2D eigenvalue weighted by atomic mass is 15.1. The van der Waals surface area contributed by atoms with Gasteiger partial charge in [0, 0.05) is 50.4 Å². The molecule has 14 aromatic carbocycles. The highest BCUT2D eigenvalue weighted by Gasteiger charge is 2.50. The first kappa shape index (κ1) is 59.9. The van der Waals surface area contributed by atoms with Crippen molar-refractivity contribution < 1.29 is 0 Å². The van der Waals surface area contributed by atoms with Crippen LogP contribution in [0, 0.1) is 0 Å². The molecule has 5 aliphatic rings. The van der Waals surface area contributed by atoms with E-state index in [-0.39, 0.29) is 21.7 Å². The van der Waals surface area contributed by atoms with Gasteiger partial charge in [-0.15, -0.1) is 0 Å². The minimum Gasteiger partial charge on any atom is -0.310 e. The Kier molecular flexibility index (Phi) is 13.1. The molecule has 2 heteroatoms. The summed E-state index contributed by atoms with van der Waals surface area (Å²) >= 11 is 0. The fourth-order valence-corrected chi connectivity index (χ4v) is 19.7. The molecule has 100 heavy (non-hydrogen) atoms. The van der Waals surface area contributed by atoms with Gasteiger partial charge in [-0.1, -0.05) is 309 Å². The van der Waals surface area contributed by atoms with Crippen molar-refractivity contribution in [2.24, 2.45) is 0 Å². The molecule has 14 aromatic rings. The van der Waals surface area contributed by atoms with Crippen LogP contribution in [0.5, 0.6) is 0 Å². The fourth-order valence-electron chi connectivity index (χ4n) is 19.7. The molecular formula is C98H78N2. The lowest BCUT2D eigenvalue weighted by molar-refractivity contribution is 0.425. The van der Waals surface area contributed by atoms with Gasteiger partial charge in [-0.3, -0.25) is 0 Å². The Morgan fingerprint density at radius 3 is 0.850 bits per heavy atom. The summed E-state index contributed by atoms with van der Waals surface area (Å²) in [7, 11) is 0. The zero-order valence-corrected chi connectivity index (χ0v) is 57.9. The largest absolute Gasteiger partial charge is 0.310 e. The maximum atomic E-state index is 2.58. The lowest BCUT2D eigenvalue weighted by atomic mass is 9.67. The topological polar surface area (TPSA) is 6.48 Å². The summed E-state index contributed by atoms with van der Waals surface area (Å²) in [6.45, 7) is 17.0. The standard InChI is InChI=1S/C98H78N2/c1-93(2)63-96(7,64-44-46-69(47-45-64)99(70-48-53-79-75-36-20-24-40-83(75)94(3,4)88(79)58-70)72-50-55-81-77-38-22-26-42-85(77)97(90(81)60-72,65-28-12-8-13-29-65)66-30-14-9-15-31-66)92-62-74(52-57-87(92)93)100(71-49-54-80-76-37-21-25-41-84(76)95(5,6)89(80)59-71)73-51-56-82-78-39-23-27-43-86(78)98(91(82)61-73,67-32-16-10-17-33-67)68-34-18-11-19-35-68/h8-62H,63H2,1-7H3. The maximum absolute atomic E-state index is 2.58. The molecule has 1 atom stereocenters. The van der Waals surface area contributed by atoms with Crippen molar-refractivity contribution in [2.75, 3.05) is 9.80 Å². The Morgan fingerprint density at radius 1 is 0.200 bits per heavy atom. The number of hydrogen-bond acceptors (Lipinski definition) is 2. The van der Waals surface area contributed by atoms with E-state index in [4.69, 9.17) is 0 Å².